The number of ether oxygens (including phenoxy) is 2. The summed E-state index contributed by atoms with van der Waals surface area (Å²) < 4.78 is 59.4. The lowest BCUT2D eigenvalue weighted by Gasteiger charge is -2.18. The van der Waals surface area contributed by atoms with Crippen LogP contribution >= 0.6 is 0 Å². The minimum absolute atomic E-state index is 0.100. The molecule has 0 saturated heterocycles. The van der Waals surface area contributed by atoms with E-state index in [9.17, 15) is 27.2 Å². The predicted octanol–water partition coefficient (Wildman–Crippen LogP) is 3.77. The van der Waals surface area contributed by atoms with E-state index in [1.807, 2.05) is 0 Å². The summed E-state index contributed by atoms with van der Waals surface area (Å²) in [5, 5.41) is 2.17. The lowest BCUT2D eigenvalue weighted by atomic mass is 10.1. The van der Waals surface area contributed by atoms with Crippen molar-refractivity contribution in [1.29, 1.82) is 0 Å². The number of alkyl halides is 3. The number of nitrogens with one attached hydrogen (secondary N) is 1. The van der Waals surface area contributed by atoms with E-state index in [-0.39, 0.29) is 18.6 Å². The van der Waals surface area contributed by atoms with Gasteiger partial charge in [0.2, 0.25) is 0 Å². The third-order valence-electron chi connectivity index (χ3n) is 3.50. The molecule has 9 heteroatoms. The quantitative estimate of drug-likeness (QED) is 0.569. The molecule has 0 radical (unpaired) electrons. The van der Waals surface area contributed by atoms with Gasteiger partial charge in [0, 0.05) is 6.42 Å². The van der Waals surface area contributed by atoms with E-state index in [1.165, 1.54) is 18.2 Å². The number of hydrogen-bond donors (Lipinski definition) is 1. The lowest BCUT2D eigenvalue weighted by molar-refractivity contribution is -0.187. The molecule has 0 spiro atoms. The summed E-state index contributed by atoms with van der Waals surface area (Å²) >= 11 is 0. The molecule has 150 valence electrons. The van der Waals surface area contributed by atoms with Crippen molar-refractivity contribution in [1.82, 2.24) is 5.32 Å². The van der Waals surface area contributed by atoms with Gasteiger partial charge in [0.15, 0.2) is 6.61 Å². The van der Waals surface area contributed by atoms with Crippen LogP contribution in [0, 0.1) is 5.82 Å². The van der Waals surface area contributed by atoms with Crippen molar-refractivity contribution in [3.05, 3.63) is 71.5 Å². The van der Waals surface area contributed by atoms with Gasteiger partial charge in [-0.05, 0) is 23.3 Å². The fourth-order valence-electron chi connectivity index (χ4n) is 2.25. The van der Waals surface area contributed by atoms with Crippen LogP contribution in [0.2, 0.25) is 0 Å². The smallest absolute Gasteiger partial charge is 0.422 e. The topological polar surface area (TPSA) is 64.6 Å². The Morgan fingerprint density at radius 1 is 0.964 bits per heavy atom. The second kappa shape index (κ2) is 9.72. The molecule has 2 rings (SSSR count). The Hall–Kier alpha value is -3.10. The minimum Gasteiger partial charge on any atom is -0.454 e. The second-order valence-electron chi connectivity index (χ2n) is 5.82. The fraction of sp³-hybridized carbons (Fsp3) is 0.263. The van der Waals surface area contributed by atoms with Crippen LogP contribution in [0.15, 0.2) is 54.6 Å². The highest BCUT2D eigenvalue weighted by molar-refractivity contribution is 5.81. The number of carbonyl (C=O) groups is 2. The maximum Gasteiger partial charge on any atom is 0.422 e. The molecule has 0 aromatic heterocycles. The zero-order valence-electron chi connectivity index (χ0n) is 14.5. The number of alkyl carbamates (subject to hydrolysis) is 1. The van der Waals surface area contributed by atoms with Crippen LogP contribution in [0.3, 0.4) is 0 Å². The fourth-order valence-corrected chi connectivity index (χ4v) is 2.25. The summed E-state index contributed by atoms with van der Waals surface area (Å²) in [6.45, 7) is -1.90. The predicted molar refractivity (Wildman–Crippen MR) is 90.7 cm³/mol. The standard InChI is InChI=1S/C19H17F4NO4/c20-15-8-4-7-14(9-15)10-16(17(25)28-12-19(21,22)23)24-18(26)27-11-13-5-2-1-3-6-13/h1-9,16H,10-12H2,(H,24,26)/t16-/m0/s1. The second-order valence-corrected chi connectivity index (χ2v) is 5.82. The Bertz CT molecular complexity index is 796. The zero-order valence-corrected chi connectivity index (χ0v) is 14.5. The largest absolute Gasteiger partial charge is 0.454 e. The molecular formula is C19H17F4NO4. The average molecular weight is 399 g/mol. The lowest BCUT2D eigenvalue weighted by Crippen LogP contribution is -2.44. The number of hydrogen-bond acceptors (Lipinski definition) is 4. The van der Waals surface area contributed by atoms with Crippen LogP contribution < -0.4 is 5.32 Å². The molecule has 0 unspecified atom stereocenters. The summed E-state index contributed by atoms with van der Waals surface area (Å²) in [4.78, 5) is 24.0. The van der Waals surface area contributed by atoms with Crippen LogP contribution in [0.1, 0.15) is 11.1 Å². The van der Waals surface area contributed by atoms with E-state index in [0.29, 0.717) is 5.56 Å². The maximum absolute atomic E-state index is 13.3. The van der Waals surface area contributed by atoms with E-state index in [1.54, 1.807) is 30.3 Å². The zero-order chi connectivity index (χ0) is 20.6. The Morgan fingerprint density at radius 3 is 2.29 bits per heavy atom. The first-order valence-corrected chi connectivity index (χ1v) is 8.18. The Kier molecular flexibility index (Phi) is 7.36. The van der Waals surface area contributed by atoms with E-state index in [0.717, 1.165) is 6.07 Å². The van der Waals surface area contributed by atoms with Crippen molar-refractivity contribution < 1.29 is 36.6 Å². The van der Waals surface area contributed by atoms with Crippen molar-refractivity contribution in [2.45, 2.75) is 25.2 Å². The third kappa shape index (κ3) is 7.65. The Labute approximate surface area is 158 Å². The van der Waals surface area contributed by atoms with Crippen molar-refractivity contribution in [2.24, 2.45) is 0 Å². The third-order valence-corrected chi connectivity index (χ3v) is 3.50. The van der Waals surface area contributed by atoms with Gasteiger partial charge < -0.3 is 14.8 Å². The molecule has 0 aliphatic rings. The maximum atomic E-state index is 13.3. The molecule has 0 saturated carbocycles. The summed E-state index contributed by atoms with van der Waals surface area (Å²) in [5.74, 6) is -1.90. The molecule has 0 fully saturated rings. The van der Waals surface area contributed by atoms with Crippen LogP contribution in [-0.2, 0) is 27.3 Å². The van der Waals surface area contributed by atoms with E-state index < -0.39 is 36.7 Å². The summed E-state index contributed by atoms with van der Waals surface area (Å²) in [6.07, 6.45) is -6.00. The monoisotopic (exact) mass is 399 g/mol. The van der Waals surface area contributed by atoms with Crippen molar-refractivity contribution in [2.75, 3.05) is 6.61 Å². The summed E-state index contributed by atoms with van der Waals surface area (Å²) in [6, 6.07) is 12.3. The van der Waals surface area contributed by atoms with Crippen molar-refractivity contribution in [3.63, 3.8) is 0 Å². The molecule has 1 atom stereocenters. The van der Waals surface area contributed by atoms with E-state index in [2.05, 4.69) is 10.1 Å². The first-order valence-electron chi connectivity index (χ1n) is 8.18. The number of benzene rings is 2. The Balaban J connectivity index is 2.01. The highest BCUT2D eigenvalue weighted by Gasteiger charge is 2.32. The molecule has 0 heterocycles. The molecule has 5 nitrogen and oxygen atoms in total. The van der Waals surface area contributed by atoms with Gasteiger partial charge in [0.1, 0.15) is 18.5 Å². The van der Waals surface area contributed by atoms with Gasteiger partial charge in [-0.15, -0.1) is 0 Å². The molecule has 28 heavy (non-hydrogen) atoms. The summed E-state index contributed by atoms with van der Waals surface area (Å²) in [7, 11) is 0. The molecule has 1 amide bonds. The molecule has 2 aromatic carbocycles. The van der Waals surface area contributed by atoms with Crippen molar-refractivity contribution in [3.8, 4) is 0 Å². The highest BCUT2D eigenvalue weighted by Crippen LogP contribution is 2.16. The summed E-state index contributed by atoms with van der Waals surface area (Å²) in [5.41, 5.74) is 0.969. The molecular weight excluding hydrogens is 382 g/mol. The van der Waals surface area contributed by atoms with Crippen LogP contribution in [0.4, 0.5) is 22.4 Å². The molecule has 0 aliphatic heterocycles. The molecule has 2 aromatic rings. The van der Waals surface area contributed by atoms with Gasteiger partial charge in [-0.3, -0.25) is 0 Å². The van der Waals surface area contributed by atoms with Gasteiger partial charge >= 0.3 is 18.2 Å². The van der Waals surface area contributed by atoms with Gasteiger partial charge in [-0.1, -0.05) is 42.5 Å². The van der Waals surface area contributed by atoms with Crippen LogP contribution in [0.25, 0.3) is 0 Å². The van der Waals surface area contributed by atoms with Gasteiger partial charge in [0.05, 0.1) is 0 Å². The van der Waals surface area contributed by atoms with Crippen LogP contribution in [0.5, 0.6) is 0 Å². The van der Waals surface area contributed by atoms with E-state index in [4.69, 9.17) is 4.74 Å². The number of halogens is 4. The molecule has 1 N–H and O–H groups in total. The first-order chi connectivity index (χ1) is 13.2. The molecule has 0 bridgehead atoms. The number of esters is 1. The highest BCUT2D eigenvalue weighted by atomic mass is 19.4. The Morgan fingerprint density at radius 2 is 1.64 bits per heavy atom. The van der Waals surface area contributed by atoms with Gasteiger partial charge in [0.25, 0.3) is 0 Å². The minimum atomic E-state index is -4.72. The number of amides is 1. The first kappa shape index (κ1) is 21.2. The van der Waals surface area contributed by atoms with E-state index >= 15 is 0 Å². The normalized spacial score (nSPS) is 12.1. The van der Waals surface area contributed by atoms with Crippen LogP contribution in [-0.4, -0.2) is 30.9 Å². The van der Waals surface area contributed by atoms with Gasteiger partial charge in [-0.25, -0.2) is 14.0 Å². The molecule has 0 aliphatic carbocycles. The number of carbonyl (C=O) groups excluding carboxylic acids is 2. The van der Waals surface area contributed by atoms with Crippen molar-refractivity contribution >= 4 is 12.1 Å². The number of rotatable bonds is 7. The van der Waals surface area contributed by atoms with Gasteiger partial charge in [-0.2, -0.15) is 13.2 Å². The SMILES string of the molecule is O=C(N[C@@H](Cc1cccc(F)c1)C(=O)OCC(F)(F)F)OCc1ccccc1. The average Bonchev–Trinajstić information content (AvgIpc) is 2.64.